The second kappa shape index (κ2) is 6.37. The Hall–Kier alpha value is -2.39. The summed E-state index contributed by atoms with van der Waals surface area (Å²) in [5, 5.41) is 11.7. The van der Waals surface area contributed by atoms with Gasteiger partial charge in [-0.1, -0.05) is 6.07 Å². The molecule has 2 rings (SSSR count). The van der Waals surface area contributed by atoms with E-state index >= 15 is 0 Å². The molecule has 0 aliphatic heterocycles. The highest BCUT2D eigenvalue weighted by Crippen LogP contribution is 2.31. The summed E-state index contributed by atoms with van der Waals surface area (Å²) in [4.78, 5) is 7.61. The van der Waals surface area contributed by atoms with Gasteiger partial charge in [-0.25, -0.2) is 9.37 Å². The van der Waals surface area contributed by atoms with Gasteiger partial charge in [0.2, 0.25) is 5.28 Å². The van der Waals surface area contributed by atoms with Gasteiger partial charge in [0.15, 0.2) is 11.6 Å². The van der Waals surface area contributed by atoms with Crippen LogP contribution in [-0.2, 0) is 0 Å². The lowest BCUT2D eigenvalue weighted by Gasteiger charge is -2.16. The molecular weight excluding hydrogens is 295 g/mol. The van der Waals surface area contributed by atoms with E-state index in [0.29, 0.717) is 5.75 Å². The summed E-state index contributed by atoms with van der Waals surface area (Å²) in [7, 11) is 0. The van der Waals surface area contributed by atoms with Crippen molar-refractivity contribution in [3.63, 3.8) is 0 Å². The molecule has 0 amide bonds. The first-order valence-electron chi connectivity index (χ1n) is 6.16. The second-order valence-corrected chi connectivity index (χ2v) is 4.76. The lowest BCUT2D eigenvalue weighted by atomic mass is 10.2. The molecule has 0 aliphatic rings. The van der Waals surface area contributed by atoms with E-state index in [2.05, 4.69) is 15.3 Å². The van der Waals surface area contributed by atoms with Crippen LogP contribution in [0.15, 0.2) is 24.4 Å². The number of nitrogens with one attached hydrogen (secondary N) is 1. The first-order chi connectivity index (χ1) is 10.0. The number of halogens is 2. The Balaban J connectivity index is 2.44. The average molecular weight is 307 g/mol. The van der Waals surface area contributed by atoms with Crippen LogP contribution in [-0.4, -0.2) is 16.1 Å². The molecule has 0 saturated heterocycles. The molecule has 108 valence electrons. The monoisotopic (exact) mass is 306 g/mol. The van der Waals surface area contributed by atoms with E-state index in [1.807, 2.05) is 19.9 Å². The predicted molar refractivity (Wildman–Crippen MR) is 77.2 cm³/mol. The fraction of sp³-hybridized carbons (Fsp3) is 0.214. The molecule has 0 saturated carbocycles. The van der Waals surface area contributed by atoms with Gasteiger partial charge in [-0.05, 0) is 37.6 Å². The smallest absolute Gasteiger partial charge is 0.224 e. The van der Waals surface area contributed by atoms with E-state index in [1.165, 1.54) is 18.3 Å². The molecule has 2 aromatic rings. The van der Waals surface area contributed by atoms with Gasteiger partial charge in [-0.3, -0.25) is 0 Å². The number of para-hydroxylation sites is 1. The molecule has 1 aromatic carbocycles. The Morgan fingerprint density at radius 3 is 2.86 bits per heavy atom. The molecule has 0 atom stereocenters. The number of nitrogens with zero attached hydrogens (tertiary/aromatic N) is 3. The van der Waals surface area contributed by atoms with Crippen LogP contribution < -0.4 is 10.1 Å². The van der Waals surface area contributed by atoms with E-state index in [0.717, 1.165) is 0 Å². The first kappa shape index (κ1) is 15.0. The van der Waals surface area contributed by atoms with E-state index in [1.54, 1.807) is 6.07 Å². The van der Waals surface area contributed by atoms with E-state index in [4.69, 9.17) is 21.6 Å². The van der Waals surface area contributed by atoms with Crippen molar-refractivity contribution >= 4 is 23.1 Å². The van der Waals surface area contributed by atoms with Crippen LogP contribution in [0.5, 0.6) is 5.75 Å². The maximum Gasteiger partial charge on any atom is 0.224 e. The Labute approximate surface area is 126 Å². The fourth-order valence-corrected chi connectivity index (χ4v) is 1.77. The van der Waals surface area contributed by atoms with Gasteiger partial charge < -0.3 is 10.1 Å². The molecule has 7 heteroatoms. The highest BCUT2D eigenvalue weighted by Gasteiger charge is 2.14. The molecule has 21 heavy (non-hydrogen) atoms. The summed E-state index contributed by atoms with van der Waals surface area (Å²) in [6, 6.07) is 6.36. The van der Waals surface area contributed by atoms with E-state index < -0.39 is 5.82 Å². The molecule has 5 nitrogen and oxygen atoms in total. The molecule has 1 heterocycles. The molecule has 0 unspecified atom stereocenters. The Kier molecular flexibility index (Phi) is 4.55. The molecule has 0 spiro atoms. The number of benzene rings is 1. The first-order valence-corrected chi connectivity index (χ1v) is 6.54. The van der Waals surface area contributed by atoms with Crippen LogP contribution in [0.2, 0.25) is 5.28 Å². The molecular formula is C14H12ClFN4O. The van der Waals surface area contributed by atoms with Gasteiger partial charge in [0.25, 0.3) is 0 Å². The van der Waals surface area contributed by atoms with Crippen LogP contribution in [0.1, 0.15) is 19.4 Å². The van der Waals surface area contributed by atoms with Crippen molar-refractivity contribution in [2.24, 2.45) is 0 Å². The number of hydrogen-bond donors (Lipinski definition) is 1. The Morgan fingerprint density at radius 2 is 2.19 bits per heavy atom. The van der Waals surface area contributed by atoms with Gasteiger partial charge in [-0.15, -0.1) is 0 Å². The van der Waals surface area contributed by atoms with Gasteiger partial charge in [-0.2, -0.15) is 10.2 Å². The largest absolute Gasteiger partial charge is 0.489 e. The van der Waals surface area contributed by atoms with Gasteiger partial charge >= 0.3 is 0 Å². The van der Waals surface area contributed by atoms with Gasteiger partial charge in [0, 0.05) is 0 Å². The number of anilines is 2. The zero-order valence-corrected chi connectivity index (χ0v) is 12.1. The third-order valence-corrected chi connectivity index (χ3v) is 2.64. The lowest BCUT2D eigenvalue weighted by Crippen LogP contribution is -2.09. The van der Waals surface area contributed by atoms with Crippen molar-refractivity contribution in [2.45, 2.75) is 20.0 Å². The van der Waals surface area contributed by atoms with Crippen LogP contribution in [0.25, 0.3) is 0 Å². The molecule has 0 fully saturated rings. The zero-order valence-electron chi connectivity index (χ0n) is 11.4. The van der Waals surface area contributed by atoms with Crippen molar-refractivity contribution in [1.82, 2.24) is 9.97 Å². The number of rotatable bonds is 4. The van der Waals surface area contributed by atoms with Crippen LogP contribution >= 0.6 is 11.6 Å². The normalized spacial score (nSPS) is 10.3. The highest BCUT2D eigenvalue weighted by molar-refractivity contribution is 6.28. The Bertz CT molecular complexity index is 700. The summed E-state index contributed by atoms with van der Waals surface area (Å²) in [5.41, 5.74) is 0.246. The van der Waals surface area contributed by atoms with E-state index in [9.17, 15) is 4.39 Å². The minimum absolute atomic E-state index is 0.0424. The molecule has 1 N–H and O–H groups in total. The van der Waals surface area contributed by atoms with E-state index in [-0.39, 0.29) is 28.5 Å². The molecule has 0 radical (unpaired) electrons. The number of nitriles is 1. The van der Waals surface area contributed by atoms with Gasteiger partial charge in [0.1, 0.15) is 23.1 Å². The summed E-state index contributed by atoms with van der Waals surface area (Å²) >= 11 is 5.71. The minimum atomic E-state index is -0.522. The number of ether oxygens (including phenoxy) is 1. The van der Waals surface area contributed by atoms with Crippen molar-refractivity contribution in [3.8, 4) is 11.8 Å². The Morgan fingerprint density at radius 1 is 1.43 bits per heavy atom. The molecule has 0 bridgehead atoms. The standard InChI is InChI=1S/C14H12ClFN4O/c1-8(2)21-11-5-3-4-10(16)12(11)19-13-9(6-17)7-18-14(15)20-13/h3-5,7-8H,1-2H3,(H,18,19,20). The third-order valence-electron chi connectivity index (χ3n) is 2.46. The van der Waals surface area contributed by atoms with Crippen molar-refractivity contribution in [3.05, 3.63) is 41.1 Å². The van der Waals surface area contributed by atoms with Crippen LogP contribution in [0.3, 0.4) is 0 Å². The molecule has 1 aromatic heterocycles. The van der Waals surface area contributed by atoms with Gasteiger partial charge in [0.05, 0.1) is 12.3 Å². The maximum absolute atomic E-state index is 14.0. The van der Waals surface area contributed by atoms with Crippen LogP contribution in [0, 0.1) is 17.1 Å². The summed E-state index contributed by atoms with van der Waals surface area (Å²) in [5.74, 6) is -0.0772. The number of hydrogen-bond acceptors (Lipinski definition) is 5. The summed E-state index contributed by atoms with van der Waals surface area (Å²) < 4.78 is 19.6. The zero-order chi connectivity index (χ0) is 15.4. The summed E-state index contributed by atoms with van der Waals surface area (Å²) in [6.07, 6.45) is 1.14. The fourth-order valence-electron chi connectivity index (χ4n) is 1.63. The van der Waals surface area contributed by atoms with Crippen molar-refractivity contribution in [2.75, 3.05) is 5.32 Å². The second-order valence-electron chi connectivity index (χ2n) is 4.42. The SMILES string of the molecule is CC(C)Oc1cccc(F)c1Nc1nc(Cl)ncc1C#N. The maximum atomic E-state index is 14.0. The minimum Gasteiger partial charge on any atom is -0.489 e. The molecule has 0 aliphatic carbocycles. The quantitative estimate of drug-likeness (QED) is 0.873. The highest BCUT2D eigenvalue weighted by atomic mass is 35.5. The van der Waals surface area contributed by atoms with Crippen molar-refractivity contribution in [1.29, 1.82) is 5.26 Å². The van der Waals surface area contributed by atoms with Crippen molar-refractivity contribution < 1.29 is 9.13 Å². The summed E-state index contributed by atoms with van der Waals surface area (Å²) in [6.45, 7) is 3.66. The predicted octanol–water partition coefficient (Wildman–Crippen LogP) is 3.67. The lowest BCUT2D eigenvalue weighted by molar-refractivity contribution is 0.243. The number of aromatic nitrogens is 2. The topological polar surface area (TPSA) is 70.8 Å². The average Bonchev–Trinajstić information content (AvgIpc) is 2.42. The third kappa shape index (κ3) is 3.58. The van der Waals surface area contributed by atoms with Crippen LogP contribution in [0.4, 0.5) is 15.9 Å².